The smallest absolute Gasteiger partial charge is 0.315 e. The van der Waals surface area contributed by atoms with Crippen LogP contribution in [0.5, 0.6) is 0 Å². The normalized spacial score (nSPS) is 16.6. The van der Waals surface area contributed by atoms with Crippen LogP contribution in [0.15, 0.2) is 53.8 Å². The van der Waals surface area contributed by atoms with Crippen molar-refractivity contribution in [3.63, 3.8) is 0 Å². The first-order chi connectivity index (χ1) is 16.1. The molecule has 9 nitrogen and oxygen atoms in total. The number of aryl methyl sites for hydroxylation is 2. The van der Waals surface area contributed by atoms with E-state index in [4.69, 9.17) is 4.98 Å². The molecule has 6 rings (SSSR count). The maximum atomic E-state index is 13.2. The van der Waals surface area contributed by atoms with Crippen molar-refractivity contribution in [1.29, 1.82) is 0 Å². The van der Waals surface area contributed by atoms with E-state index in [0.29, 0.717) is 0 Å². The summed E-state index contributed by atoms with van der Waals surface area (Å²) >= 11 is 0. The van der Waals surface area contributed by atoms with Gasteiger partial charge in [0.1, 0.15) is 5.52 Å². The predicted molar refractivity (Wildman–Crippen MR) is 127 cm³/mol. The molecule has 0 radical (unpaired) electrons. The minimum Gasteiger partial charge on any atom is -0.315 e. The lowest BCUT2D eigenvalue weighted by molar-refractivity contribution is 0.369. The van der Waals surface area contributed by atoms with Gasteiger partial charge in [0, 0.05) is 44.2 Å². The lowest BCUT2D eigenvalue weighted by atomic mass is 10.1. The number of imidazole rings is 1. The summed E-state index contributed by atoms with van der Waals surface area (Å²) in [5.41, 5.74) is 6.67. The van der Waals surface area contributed by atoms with Gasteiger partial charge in [0.2, 0.25) is 0 Å². The van der Waals surface area contributed by atoms with Crippen molar-refractivity contribution in [2.24, 2.45) is 14.1 Å². The number of hydrogen-bond donors (Lipinski definition) is 1. The van der Waals surface area contributed by atoms with Gasteiger partial charge in [-0.1, -0.05) is 0 Å². The van der Waals surface area contributed by atoms with Crippen LogP contribution < -0.4 is 11.0 Å². The second-order valence-electron chi connectivity index (χ2n) is 8.60. The van der Waals surface area contributed by atoms with E-state index in [1.54, 1.807) is 28.7 Å². The van der Waals surface area contributed by atoms with Gasteiger partial charge in [0.15, 0.2) is 0 Å². The van der Waals surface area contributed by atoms with Gasteiger partial charge in [-0.3, -0.25) is 23.8 Å². The van der Waals surface area contributed by atoms with Crippen LogP contribution in [0.2, 0.25) is 0 Å². The van der Waals surface area contributed by atoms with Crippen LogP contribution in [0, 0.1) is 0 Å². The fraction of sp³-hybridized carbons (Fsp3) is 0.292. The van der Waals surface area contributed by atoms with E-state index < -0.39 is 0 Å². The van der Waals surface area contributed by atoms with Gasteiger partial charge in [-0.25, -0.2) is 9.78 Å². The maximum absolute atomic E-state index is 13.2. The molecule has 1 unspecified atom stereocenters. The molecule has 1 aliphatic heterocycles. The quantitative estimate of drug-likeness (QED) is 0.463. The first kappa shape index (κ1) is 19.8. The Bertz CT molecular complexity index is 1540. The molecule has 1 fully saturated rings. The lowest BCUT2D eigenvalue weighted by Gasteiger charge is -2.24. The Hall–Kier alpha value is -3.85. The predicted octanol–water partition coefficient (Wildman–Crippen LogP) is 2.67. The molecule has 9 heteroatoms. The van der Waals surface area contributed by atoms with Crippen molar-refractivity contribution in [3.8, 4) is 22.5 Å². The molecule has 0 bridgehead atoms. The summed E-state index contributed by atoms with van der Waals surface area (Å²) in [6.45, 7) is 1.77. The van der Waals surface area contributed by atoms with Gasteiger partial charge in [-0.2, -0.15) is 5.10 Å². The molecule has 1 atom stereocenters. The first-order valence-corrected chi connectivity index (χ1v) is 11.1. The summed E-state index contributed by atoms with van der Waals surface area (Å²) in [6, 6.07) is 8.01. The molecule has 0 spiro atoms. The highest BCUT2D eigenvalue weighted by Gasteiger charge is 2.23. The van der Waals surface area contributed by atoms with E-state index in [0.717, 1.165) is 70.5 Å². The third-order valence-corrected chi connectivity index (χ3v) is 6.46. The molecule has 0 amide bonds. The summed E-state index contributed by atoms with van der Waals surface area (Å²) in [7, 11) is 3.69. The Balaban J connectivity index is 1.50. The maximum Gasteiger partial charge on any atom is 0.329 e. The lowest BCUT2D eigenvalue weighted by Crippen LogP contribution is -2.36. The highest BCUT2D eigenvalue weighted by molar-refractivity contribution is 6.00. The summed E-state index contributed by atoms with van der Waals surface area (Å²) in [5.74, 6) is 0. The number of nitrogens with zero attached hydrogens (tertiary/aromatic N) is 7. The highest BCUT2D eigenvalue weighted by atomic mass is 16.1. The molecule has 5 aromatic heterocycles. The number of rotatable bonds is 3. The molecule has 1 aliphatic rings. The SMILES string of the molecule is Cn1cc(-c2ccc(-c3ccc4ncc5c(c4n3)n(C3CCCNC3)c(=O)n5C)cn2)cn1. The second kappa shape index (κ2) is 7.63. The Morgan fingerprint density at radius 1 is 1.00 bits per heavy atom. The minimum atomic E-state index is -0.0253. The number of fused-ring (bicyclic) bond motifs is 3. The van der Waals surface area contributed by atoms with Gasteiger partial charge in [0.25, 0.3) is 0 Å². The summed E-state index contributed by atoms with van der Waals surface area (Å²) in [4.78, 5) is 27.4. The number of hydrogen-bond acceptors (Lipinski definition) is 6. The average Bonchev–Trinajstić information content (AvgIpc) is 3.40. The van der Waals surface area contributed by atoms with Gasteiger partial charge in [0.05, 0.1) is 46.4 Å². The minimum absolute atomic E-state index is 0.0253. The van der Waals surface area contributed by atoms with Crippen LogP contribution in [-0.4, -0.2) is 47.0 Å². The summed E-state index contributed by atoms with van der Waals surface area (Å²) in [6.07, 6.45) is 9.35. The number of aromatic nitrogens is 7. The zero-order valence-corrected chi connectivity index (χ0v) is 18.6. The van der Waals surface area contributed by atoms with E-state index in [1.165, 1.54) is 0 Å². The van der Waals surface area contributed by atoms with Gasteiger partial charge < -0.3 is 5.32 Å². The molecule has 1 N–H and O–H groups in total. The number of pyridine rings is 3. The monoisotopic (exact) mass is 440 g/mol. The van der Waals surface area contributed by atoms with Crippen LogP contribution in [0.1, 0.15) is 18.9 Å². The Kier molecular flexibility index (Phi) is 4.58. The average molecular weight is 441 g/mol. The van der Waals surface area contributed by atoms with Crippen LogP contribution in [0.25, 0.3) is 44.6 Å². The molecular formula is C24H24N8O. The number of nitrogens with one attached hydrogen (secondary N) is 1. The first-order valence-electron chi connectivity index (χ1n) is 11.1. The molecule has 0 saturated carbocycles. The van der Waals surface area contributed by atoms with Crippen LogP contribution >= 0.6 is 0 Å². The number of piperidine rings is 1. The van der Waals surface area contributed by atoms with Crippen molar-refractivity contribution in [2.75, 3.05) is 13.1 Å². The fourth-order valence-electron chi connectivity index (χ4n) is 4.71. The third-order valence-electron chi connectivity index (χ3n) is 6.46. The van der Waals surface area contributed by atoms with Crippen LogP contribution in [0.3, 0.4) is 0 Å². The second-order valence-corrected chi connectivity index (χ2v) is 8.60. The van der Waals surface area contributed by atoms with E-state index in [2.05, 4.69) is 20.4 Å². The van der Waals surface area contributed by atoms with E-state index in [9.17, 15) is 4.79 Å². The van der Waals surface area contributed by atoms with Crippen molar-refractivity contribution in [3.05, 3.63) is 59.5 Å². The zero-order chi connectivity index (χ0) is 22.5. The zero-order valence-electron chi connectivity index (χ0n) is 18.6. The van der Waals surface area contributed by atoms with E-state index >= 15 is 0 Å². The van der Waals surface area contributed by atoms with E-state index in [1.807, 2.05) is 48.3 Å². The van der Waals surface area contributed by atoms with E-state index in [-0.39, 0.29) is 11.7 Å². The van der Waals surface area contributed by atoms with Crippen molar-refractivity contribution < 1.29 is 0 Å². The van der Waals surface area contributed by atoms with Gasteiger partial charge >= 0.3 is 5.69 Å². The molecule has 1 saturated heterocycles. The highest BCUT2D eigenvalue weighted by Crippen LogP contribution is 2.29. The molecule has 166 valence electrons. The van der Waals surface area contributed by atoms with Crippen molar-refractivity contribution in [2.45, 2.75) is 18.9 Å². The molecule has 0 aliphatic carbocycles. The standard InChI is InChI=1S/C24H24N8O/c1-30-14-16(11-28-30)18-6-5-15(10-26-18)19-7-8-20-22(29-19)23-21(13-27-20)31(2)24(33)32(23)17-4-3-9-25-12-17/h5-8,10-11,13-14,17,25H,3-4,9,12H2,1-2H3. The van der Waals surface area contributed by atoms with Crippen LogP contribution in [-0.2, 0) is 14.1 Å². The topological polar surface area (TPSA) is 95.5 Å². The third kappa shape index (κ3) is 3.23. The molecule has 5 aromatic rings. The van der Waals surface area contributed by atoms with Gasteiger partial charge in [-0.05, 0) is 43.7 Å². The molecule has 6 heterocycles. The van der Waals surface area contributed by atoms with Crippen LogP contribution in [0.4, 0.5) is 0 Å². The summed E-state index contributed by atoms with van der Waals surface area (Å²) < 4.78 is 5.34. The Morgan fingerprint density at radius 3 is 2.61 bits per heavy atom. The fourth-order valence-corrected chi connectivity index (χ4v) is 4.71. The molecular weight excluding hydrogens is 416 g/mol. The Morgan fingerprint density at radius 2 is 1.88 bits per heavy atom. The molecule has 0 aromatic carbocycles. The summed E-state index contributed by atoms with van der Waals surface area (Å²) in [5, 5.41) is 7.64. The Labute approximate surface area is 189 Å². The van der Waals surface area contributed by atoms with Gasteiger partial charge in [-0.15, -0.1) is 0 Å². The van der Waals surface area contributed by atoms with Crippen molar-refractivity contribution in [1.82, 2.24) is 39.2 Å². The largest absolute Gasteiger partial charge is 0.329 e. The van der Waals surface area contributed by atoms with Crippen molar-refractivity contribution >= 4 is 22.1 Å². The molecule has 33 heavy (non-hydrogen) atoms.